The minimum absolute atomic E-state index is 0.0295. The van der Waals surface area contributed by atoms with Crippen molar-refractivity contribution < 1.29 is 28.4 Å². The van der Waals surface area contributed by atoms with Crippen molar-refractivity contribution in [2.75, 3.05) is 6.61 Å². The van der Waals surface area contributed by atoms with Crippen molar-refractivity contribution in [3.63, 3.8) is 0 Å². The number of non-ortho nitro benzene ring substituents is 1. The van der Waals surface area contributed by atoms with Crippen LogP contribution >= 0.6 is 0 Å². The molecule has 1 heterocycles. The summed E-state index contributed by atoms with van der Waals surface area (Å²) in [5.74, 6) is -2.14. The van der Waals surface area contributed by atoms with E-state index < -0.39 is 29.0 Å². The Kier molecular flexibility index (Phi) is 4.18. The van der Waals surface area contributed by atoms with E-state index in [0.717, 1.165) is 18.2 Å². The van der Waals surface area contributed by atoms with Crippen LogP contribution < -0.4 is 0 Å². The predicted molar refractivity (Wildman–Crippen MR) is 63.6 cm³/mol. The van der Waals surface area contributed by atoms with Crippen LogP contribution in [-0.2, 0) is 16.1 Å². The first-order valence-corrected chi connectivity index (χ1v) is 5.53. The van der Waals surface area contributed by atoms with Gasteiger partial charge in [-0.3, -0.25) is 10.1 Å². The maximum atomic E-state index is 13.3. The molecule has 0 bridgehead atoms. The van der Waals surface area contributed by atoms with E-state index in [-0.39, 0.29) is 24.0 Å². The third-order valence-corrected chi connectivity index (χ3v) is 2.26. The van der Waals surface area contributed by atoms with Crippen molar-refractivity contribution in [2.45, 2.75) is 6.61 Å². The van der Waals surface area contributed by atoms with Crippen molar-refractivity contribution >= 4 is 11.7 Å². The molecule has 0 saturated carbocycles. The lowest BCUT2D eigenvalue weighted by Gasteiger charge is -1.97. The molecule has 1 N–H and O–H groups in total. The first kappa shape index (κ1) is 14.5. The number of carboxylic acids is 1. The number of nitrogens with zero attached hydrogens (tertiary/aromatic N) is 3. The number of halogens is 1. The zero-order valence-corrected chi connectivity index (χ0v) is 10.4. The predicted octanol–water partition coefficient (Wildman–Crippen LogP) is 1.39. The second-order valence-electron chi connectivity index (χ2n) is 3.84. The zero-order valence-electron chi connectivity index (χ0n) is 10.4. The molecule has 21 heavy (non-hydrogen) atoms. The number of carboxylic acid groups (broad SMARTS) is 1. The van der Waals surface area contributed by atoms with Crippen LogP contribution in [-0.4, -0.2) is 32.8 Å². The molecule has 0 amide bonds. The number of hydrogen-bond donors (Lipinski definition) is 1. The van der Waals surface area contributed by atoms with E-state index in [9.17, 15) is 19.3 Å². The maximum absolute atomic E-state index is 13.3. The third-order valence-electron chi connectivity index (χ3n) is 2.26. The van der Waals surface area contributed by atoms with Gasteiger partial charge >= 0.3 is 5.97 Å². The van der Waals surface area contributed by atoms with Crippen LogP contribution in [0.5, 0.6) is 0 Å². The molecule has 0 fully saturated rings. The van der Waals surface area contributed by atoms with Gasteiger partial charge in [-0.05, 0) is 6.07 Å². The van der Waals surface area contributed by atoms with E-state index in [0.29, 0.717) is 0 Å². The molecule has 0 aliphatic rings. The SMILES string of the molecule is O=C(O)COCc1nnc(-c2cc(F)cc([N+](=O)[O-])c2)o1. The molecular formula is C11H8FN3O6. The van der Waals surface area contributed by atoms with Gasteiger partial charge in [0.2, 0.25) is 11.8 Å². The highest BCUT2D eigenvalue weighted by Gasteiger charge is 2.15. The Hall–Kier alpha value is -2.88. The van der Waals surface area contributed by atoms with Gasteiger partial charge < -0.3 is 14.3 Å². The number of aromatic nitrogens is 2. The molecule has 0 spiro atoms. The summed E-state index contributed by atoms with van der Waals surface area (Å²) < 4.78 is 23.1. The van der Waals surface area contributed by atoms with Crippen molar-refractivity contribution in [2.24, 2.45) is 0 Å². The largest absolute Gasteiger partial charge is 0.480 e. The maximum Gasteiger partial charge on any atom is 0.329 e. The third kappa shape index (κ3) is 3.79. The summed E-state index contributed by atoms with van der Waals surface area (Å²) in [6.07, 6.45) is 0. The molecule has 0 atom stereocenters. The molecule has 1 aromatic carbocycles. The number of aliphatic carboxylic acids is 1. The molecule has 9 nitrogen and oxygen atoms in total. The summed E-state index contributed by atoms with van der Waals surface area (Å²) in [6.45, 7) is -0.778. The highest BCUT2D eigenvalue weighted by Crippen LogP contribution is 2.24. The van der Waals surface area contributed by atoms with Gasteiger partial charge in [-0.1, -0.05) is 0 Å². The van der Waals surface area contributed by atoms with E-state index in [1.807, 2.05) is 0 Å². The Morgan fingerprint density at radius 2 is 2.19 bits per heavy atom. The number of rotatable bonds is 6. The first-order valence-electron chi connectivity index (χ1n) is 5.53. The highest BCUT2D eigenvalue weighted by molar-refractivity contribution is 5.68. The van der Waals surface area contributed by atoms with Crippen LogP contribution in [0.1, 0.15) is 5.89 Å². The number of ether oxygens (including phenoxy) is 1. The summed E-state index contributed by atoms with van der Waals surface area (Å²) in [5.41, 5.74) is -0.412. The van der Waals surface area contributed by atoms with Crippen LogP contribution in [0.15, 0.2) is 22.6 Å². The van der Waals surface area contributed by atoms with Gasteiger partial charge in [0.15, 0.2) is 0 Å². The molecule has 0 aliphatic carbocycles. The molecule has 0 unspecified atom stereocenters. The summed E-state index contributed by atoms with van der Waals surface area (Å²) in [6, 6.07) is 2.84. The number of hydrogen-bond acceptors (Lipinski definition) is 7. The molecule has 0 saturated heterocycles. The monoisotopic (exact) mass is 297 g/mol. The fraction of sp³-hybridized carbons (Fsp3) is 0.182. The van der Waals surface area contributed by atoms with Crippen LogP contribution in [0, 0.1) is 15.9 Å². The van der Waals surface area contributed by atoms with Crippen molar-refractivity contribution in [3.8, 4) is 11.5 Å². The molecule has 0 radical (unpaired) electrons. The van der Waals surface area contributed by atoms with Crippen molar-refractivity contribution in [1.29, 1.82) is 0 Å². The van der Waals surface area contributed by atoms with E-state index in [2.05, 4.69) is 10.2 Å². The number of benzene rings is 1. The molecule has 2 aromatic rings. The minimum Gasteiger partial charge on any atom is -0.480 e. The molecule has 1 aromatic heterocycles. The standard InChI is InChI=1S/C11H8FN3O6/c12-7-1-6(2-8(3-7)15(18)19)11-14-13-9(21-11)4-20-5-10(16)17/h1-3H,4-5H2,(H,16,17). The Labute approximate surface area is 116 Å². The molecular weight excluding hydrogens is 289 g/mol. The lowest BCUT2D eigenvalue weighted by Crippen LogP contribution is -2.06. The Balaban J connectivity index is 2.17. The first-order chi connectivity index (χ1) is 9.95. The summed E-state index contributed by atoms with van der Waals surface area (Å²) in [5, 5.41) is 26.2. The van der Waals surface area contributed by atoms with Gasteiger partial charge in [0.05, 0.1) is 11.0 Å². The Morgan fingerprint density at radius 3 is 2.86 bits per heavy atom. The lowest BCUT2D eigenvalue weighted by atomic mass is 10.2. The summed E-state index contributed by atoms with van der Waals surface area (Å²) in [4.78, 5) is 20.2. The second-order valence-corrected chi connectivity index (χ2v) is 3.84. The van der Waals surface area contributed by atoms with E-state index in [4.69, 9.17) is 14.3 Å². The highest BCUT2D eigenvalue weighted by atomic mass is 19.1. The van der Waals surface area contributed by atoms with Gasteiger partial charge in [0.1, 0.15) is 19.0 Å². The van der Waals surface area contributed by atoms with E-state index in [1.165, 1.54) is 0 Å². The molecule has 2 rings (SSSR count). The van der Waals surface area contributed by atoms with Crippen molar-refractivity contribution in [1.82, 2.24) is 10.2 Å². The normalized spacial score (nSPS) is 10.5. The zero-order chi connectivity index (χ0) is 15.4. The average molecular weight is 297 g/mol. The topological polar surface area (TPSA) is 129 Å². The summed E-state index contributed by atoms with van der Waals surface area (Å²) >= 11 is 0. The van der Waals surface area contributed by atoms with Gasteiger partial charge in [0.25, 0.3) is 5.69 Å². The molecule has 10 heteroatoms. The van der Waals surface area contributed by atoms with Gasteiger partial charge in [0, 0.05) is 11.6 Å². The van der Waals surface area contributed by atoms with E-state index >= 15 is 0 Å². The fourth-order valence-electron chi connectivity index (χ4n) is 1.46. The summed E-state index contributed by atoms with van der Waals surface area (Å²) in [7, 11) is 0. The fourth-order valence-corrected chi connectivity index (χ4v) is 1.46. The minimum atomic E-state index is -1.16. The smallest absolute Gasteiger partial charge is 0.329 e. The van der Waals surface area contributed by atoms with Gasteiger partial charge in [-0.15, -0.1) is 10.2 Å². The number of carbonyl (C=O) groups is 1. The number of nitro groups is 1. The number of nitro benzene ring substituents is 1. The Morgan fingerprint density at radius 1 is 1.43 bits per heavy atom. The van der Waals surface area contributed by atoms with Crippen LogP contribution in [0.25, 0.3) is 11.5 Å². The van der Waals surface area contributed by atoms with Crippen LogP contribution in [0.4, 0.5) is 10.1 Å². The second kappa shape index (κ2) is 6.05. The molecule has 110 valence electrons. The van der Waals surface area contributed by atoms with Crippen molar-refractivity contribution in [3.05, 3.63) is 40.0 Å². The molecule has 0 aliphatic heterocycles. The quantitative estimate of drug-likeness (QED) is 0.625. The Bertz CT molecular complexity index is 686. The average Bonchev–Trinajstić information content (AvgIpc) is 2.86. The van der Waals surface area contributed by atoms with Gasteiger partial charge in [-0.2, -0.15) is 0 Å². The van der Waals surface area contributed by atoms with Gasteiger partial charge in [-0.25, -0.2) is 9.18 Å². The van der Waals surface area contributed by atoms with Crippen LogP contribution in [0.3, 0.4) is 0 Å². The van der Waals surface area contributed by atoms with Crippen LogP contribution in [0.2, 0.25) is 0 Å². The lowest BCUT2D eigenvalue weighted by molar-refractivity contribution is -0.385. The van der Waals surface area contributed by atoms with E-state index in [1.54, 1.807) is 0 Å².